The first-order valence-electron chi connectivity index (χ1n) is 8.27. The number of hydrogen-bond acceptors (Lipinski definition) is 6. The second kappa shape index (κ2) is 8.29. The molecular formula is C18H22N2O6S2. The Kier molecular flexibility index (Phi) is 6.48. The highest BCUT2D eigenvalue weighted by Gasteiger charge is 2.23. The number of benzene rings is 2. The maximum atomic E-state index is 12.6. The fourth-order valence-electron chi connectivity index (χ4n) is 2.33. The topological polar surface area (TPSA) is 110 Å². The summed E-state index contributed by atoms with van der Waals surface area (Å²) in [7, 11) is -4.47. The van der Waals surface area contributed by atoms with Crippen molar-refractivity contribution in [3.05, 3.63) is 48.0 Å². The monoisotopic (exact) mass is 426 g/mol. The Balaban J connectivity index is 2.41. The van der Waals surface area contributed by atoms with Gasteiger partial charge >= 0.3 is 0 Å². The van der Waals surface area contributed by atoms with E-state index in [2.05, 4.69) is 5.32 Å². The zero-order valence-corrected chi connectivity index (χ0v) is 17.6. The van der Waals surface area contributed by atoms with E-state index in [9.17, 15) is 21.6 Å². The van der Waals surface area contributed by atoms with E-state index < -0.39 is 25.8 Å². The van der Waals surface area contributed by atoms with Gasteiger partial charge in [-0.2, -0.15) is 0 Å². The zero-order chi connectivity index (χ0) is 21.1. The second-order valence-corrected chi connectivity index (χ2v) is 10.3. The molecule has 1 amide bonds. The number of ether oxygens (including phenoxy) is 1. The molecule has 0 bridgehead atoms. The summed E-state index contributed by atoms with van der Waals surface area (Å²) in [6.07, 6.45) is 1.05. The lowest BCUT2D eigenvalue weighted by Crippen LogP contribution is -2.23. The van der Waals surface area contributed by atoms with Gasteiger partial charge in [0.2, 0.25) is 10.0 Å². The highest BCUT2D eigenvalue weighted by atomic mass is 32.2. The van der Waals surface area contributed by atoms with Gasteiger partial charge in [-0.3, -0.25) is 4.79 Å². The Morgan fingerprint density at radius 1 is 1.07 bits per heavy atom. The largest absolute Gasteiger partial charge is 0.492 e. The SMILES string of the molecule is CCOc1ccc(NC(=O)c2cccc(S(C)(=O)=O)c2)cc1S(=O)(=O)N(C)C. The molecule has 0 saturated carbocycles. The van der Waals surface area contributed by atoms with Crippen LogP contribution in [0.15, 0.2) is 52.3 Å². The lowest BCUT2D eigenvalue weighted by molar-refractivity contribution is 0.102. The average molecular weight is 427 g/mol. The molecule has 0 atom stereocenters. The van der Waals surface area contributed by atoms with Gasteiger partial charge in [0.25, 0.3) is 5.91 Å². The van der Waals surface area contributed by atoms with Gasteiger partial charge < -0.3 is 10.1 Å². The number of nitrogens with zero attached hydrogens (tertiary/aromatic N) is 1. The first-order valence-corrected chi connectivity index (χ1v) is 11.6. The van der Waals surface area contributed by atoms with Crippen molar-refractivity contribution in [2.45, 2.75) is 16.7 Å². The molecule has 0 radical (unpaired) electrons. The summed E-state index contributed by atoms with van der Waals surface area (Å²) in [4.78, 5) is 12.4. The maximum Gasteiger partial charge on any atom is 0.255 e. The molecule has 152 valence electrons. The van der Waals surface area contributed by atoms with Crippen LogP contribution < -0.4 is 10.1 Å². The number of rotatable bonds is 7. The van der Waals surface area contributed by atoms with Gasteiger partial charge in [0, 0.05) is 31.6 Å². The molecule has 0 aliphatic heterocycles. The van der Waals surface area contributed by atoms with Crippen LogP contribution in [0.1, 0.15) is 17.3 Å². The highest BCUT2D eigenvalue weighted by Crippen LogP contribution is 2.29. The number of sulfone groups is 1. The minimum Gasteiger partial charge on any atom is -0.492 e. The molecule has 10 heteroatoms. The summed E-state index contributed by atoms with van der Waals surface area (Å²) in [5.41, 5.74) is 0.368. The number of hydrogen-bond donors (Lipinski definition) is 1. The van der Waals surface area contributed by atoms with Crippen molar-refractivity contribution in [3.63, 3.8) is 0 Å². The number of sulfonamides is 1. The van der Waals surface area contributed by atoms with Crippen molar-refractivity contribution in [1.29, 1.82) is 0 Å². The molecule has 28 heavy (non-hydrogen) atoms. The lowest BCUT2D eigenvalue weighted by atomic mass is 10.2. The fraction of sp³-hybridized carbons (Fsp3) is 0.278. The van der Waals surface area contributed by atoms with Gasteiger partial charge in [-0.25, -0.2) is 21.1 Å². The minimum absolute atomic E-state index is 0.0164. The van der Waals surface area contributed by atoms with Crippen LogP contribution in [0.4, 0.5) is 5.69 Å². The van der Waals surface area contributed by atoms with Crippen molar-refractivity contribution >= 4 is 31.5 Å². The number of amides is 1. The fourth-order valence-corrected chi connectivity index (χ4v) is 4.05. The van der Waals surface area contributed by atoms with Crippen LogP contribution in [0.5, 0.6) is 5.75 Å². The molecule has 0 spiro atoms. The molecule has 0 aliphatic rings. The zero-order valence-electron chi connectivity index (χ0n) is 16.0. The van der Waals surface area contributed by atoms with Gasteiger partial charge in [0.1, 0.15) is 10.6 Å². The third-order valence-corrected chi connectivity index (χ3v) is 6.73. The molecule has 2 aromatic carbocycles. The summed E-state index contributed by atoms with van der Waals surface area (Å²) in [6.45, 7) is 2.01. The molecule has 0 saturated heterocycles. The van der Waals surface area contributed by atoms with Crippen molar-refractivity contribution in [2.24, 2.45) is 0 Å². The summed E-state index contributed by atoms with van der Waals surface area (Å²) in [5, 5.41) is 2.59. The van der Waals surface area contributed by atoms with Crippen LogP contribution in [0, 0.1) is 0 Å². The Morgan fingerprint density at radius 2 is 1.75 bits per heavy atom. The van der Waals surface area contributed by atoms with E-state index in [0.29, 0.717) is 0 Å². The number of carbonyl (C=O) groups is 1. The Bertz CT molecular complexity index is 1090. The Morgan fingerprint density at radius 3 is 2.32 bits per heavy atom. The normalized spacial score (nSPS) is 12.0. The molecule has 2 aromatic rings. The molecule has 0 heterocycles. The van der Waals surface area contributed by atoms with Crippen molar-refractivity contribution < 1.29 is 26.4 Å². The van der Waals surface area contributed by atoms with Gasteiger partial charge in [0.05, 0.1) is 11.5 Å². The number of nitrogens with one attached hydrogen (secondary N) is 1. The molecular weight excluding hydrogens is 404 g/mol. The molecule has 0 aromatic heterocycles. The maximum absolute atomic E-state index is 12.6. The van der Waals surface area contributed by atoms with E-state index in [1.54, 1.807) is 6.92 Å². The van der Waals surface area contributed by atoms with E-state index in [1.165, 1.54) is 56.6 Å². The first-order chi connectivity index (χ1) is 13.0. The molecule has 0 unspecified atom stereocenters. The summed E-state index contributed by atoms with van der Waals surface area (Å²) in [5.74, 6) is -0.392. The molecule has 8 nitrogen and oxygen atoms in total. The minimum atomic E-state index is -3.80. The van der Waals surface area contributed by atoms with Crippen LogP contribution in [0.25, 0.3) is 0 Å². The summed E-state index contributed by atoms with van der Waals surface area (Å²) in [6, 6.07) is 9.86. The van der Waals surface area contributed by atoms with E-state index in [0.717, 1.165) is 10.6 Å². The molecule has 0 aliphatic carbocycles. The van der Waals surface area contributed by atoms with Crippen LogP contribution in [0.3, 0.4) is 0 Å². The van der Waals surface area contributed by atoms with E-state index in [4.69, 9.17) is 4.74 Å². The van der Waals surface area contributed by atoms with Gasteiger partial charge in [-0.1, -0.05) is 6.07 Å². The number of carbonyl (C=O) groups excluding carboxylic acids is 1. The number of anilines is 1. The third kappa shape index (κ3) is 4.89. The first kappa shape index (κ1) is 21.9. The van der Waals surface area contributed by atoms with Gasteiger partial charge in [-0.05, 0) is 43.3 Å². The van der Waals surface area contributed by atoms with E-state index >= 15 is 0 Å². The third-order valence-electron chi connectivity index (χ3n) is 3.78. The van der Waals surface area contributed by atoms with Crippen molar-refractivity contribution in [3.8, 4) is 5.75 Å². The summed E-state index contributed by atoms with van der Waals surface area (Å²) < 4.78 is 54.9. The Hall–Kier alpha value is -2.43. The smallest absolute Gasteiger partial charge is 0.255 e. The highest BCUT2D eigenvalue weighted by molar-refractivity contribution is 7.90. The Labute approximate surface area is 165 Å². The van der Waals surface area contributed by atoms with Crippen LogP contribution >= 0.6 is 0 Å². The predicted octanol–water partition coefficient (Wildman–Crippen LogP) is 1.99. The van der Waals surface area contributed by atoms with Crippen LogP contribution in [-0.4, -0.2) is 54.0 Å². The standard InChI is InChI=1S/C18H22N2O6S2/c1-5-26-16-10-9-14(12-17(16)28(24,25)20(2)3)19-18(21)13-7-6-8-15(11-13)27(4,22)23/h6-12H,5H2,1-4H3,(H,19,21). The molecule has 0 fully saturated rings. The quantitative estimate of drug-likeness (QED) is 0.725. The molecule has 2 rings (SSSR count). The van der Waals surface area contributed by atoms with Gasteiger partial charge in [-0.15, -0.1) is 0 Å². The van der Waals surface area contributed by atoms with E-state index in [-0.39, 0.29) is 33.4 Å². The lowest BCUT2D eigenvalue weighted by Gasteiger charge is -2.16. The van der Waals surface area contributed by atoms with Crippen LogP contribution in [-0.2, 0) is 19.9 Å². The van der Waals surface area contributed by atoms with E-state index in [1.807, 2.05) is 0 Å². The summed E-state index contributed by atoms with van der Waals surface area (Å²) >= 11 is 0. The van der Waals surface area contributed by atoms with Crippen molar-refractivity contribution in [1.82, 2.24) is 4.31 Å². The van der Waals surface area contributed by atoms with Crippen LogP contribution in [0.2, 0.25) is 0 Å². The second-order valence-electron chi connectivity index (χ2n) is 6.14. The van der Waals surface area contributed by atoms with Gasteiger partial charge in [0.15, 0.2) is 9.84 Å². The molecule has 1 N–H and O–H groups in total. The predicted molar refractivity (Wildman–Crippen MR) is 106 cm³/mol. The average Bonchev–Trinajstić information content (AvgIpc) is 2.62. The van der Waals surface area contributed by atoms with Crippen molar-refractivity contribution in [2.75, 3.05) is 32.3 Å².